The molecule has 4 N–H and O–H groups in total. The van der Waals surface area contributed by atoms with Gasteiger partial charge in [-0.3, -0.25) is 14.4 Å². The van der Waals surface area contributed by atoms with E-state index >= 15 is 0 Å². The molecule has 2 aliphatic rings. The Kier molecular flexibility index (Phi) is 8.24. The van der Waals surface area contributed by atoms with Crippen molar-refractivity contribution in [3.8, 4) is 0 Å². The van der Waals surface area contributed by atoms with Crippen LogP contribution >= 0.6 is 0 Å². The molecule has 0 unspecified atom stereocenters. The molecule has 0 bridgehead atoms. The number of benzene rings is 1. The van der Waals surface area contributed by atoms with Crippen LogP contribution in [-0.2, 0) is 25.7 Å². The summed E-state index contributed by atoms with van der Waals surface area (Å²) in [4.78, 5) is 49.1. The van der Waals surface area contributed by atoms with Gasteiger partial charge in [-0.2, -0.15) is 0 Å². The van der Waals surface area contributed by atoms with E-state index in [4.69, 9.17) is 4.74 Å². The predicted molar refractivity (Wildman–Crippen MR) is 117 cm³/mol. The van der Waals surface area contributed by atoms with Crippen molar-refractivity contribution in [2.75, 3.05) is 6.54 Å². The molecule has 1 aliphatic carbocycles. The third-order valence-corrected chi connectivity index (χ3v) is 5.59. The summed E-state index contributed by atoms with van der Waals surface area (Å²) in [6.45, 7) is 4.09. The van der Waals surface area contributed by atoms with Crippen molar-refractivity contribution in [1.82, 2.24) is 21.3 Å². The zero-order chi connectivity index (χ0) is 22.9. The van der Waals surface area contributed by atoms with Crippen LogP contribution in [0.25, 0.3) is 0 Å². The van der Waals surface area contributed by atoms with Crippen LogP contribution in [0.2, 0.25) is 0 Å². The summed E-state index contributed by atoms with van der Waals surface area (Å²) in [5, 5.41) is 10.8. The van der Waals surface area contributed by atoms with Gasteiger partial charge in [0.25, 0.3) is 0 Å². The third-order valence-electron chi connectivity index (χ3n) is 5.59. The van der Waals surface area contributed by atoms with Gasteiger partial charge in [0.2, 0.25) is 17.7 Å². The van der Waals surface area contributed by atoms with E-state index < -0.39 is 30.1 Å². The van der Waals surface area contributed by atoms with Crippen LogP contribution in [-0.4, -0.2) is 42.6 Å². The van der Waals surface area contributed by atoms with Crippen LogP contribution < -0.4 is 21.3 Å². The Morgan fingerprint density at radius 3 is 2.47 bits per heavy atom. The lowest BCUT2D eigenvalue weighted by Crippen LogP contribution is -2.55. The predicted octanol–water partition coefficient (Wildman–Crippen LogP) is 1.35. The Morgan fingerprint density at radius 2 is 1.84 bits per heavy atom. The second-order valence-corrected chi connectivity index (χ2v) is 8.22. The molecule has 1 saturated carbocycles. The Morgan fingerprint density at radius 1 is 1.09 bits per heavy atom. The summed E-state index contributed by atoms with van der Waals surface area (Å²) < 4.78 is 5.25. The maximum Gasteiger partial charge on any atom is 0.408 e. The van der Waals surface area contributed by atoms with Crippen LogP contribution in [0, 0.1) is 11.8 Å². The van der Waals surface area contributed by atoms with E-state index in [0.717, 1.165) is 24.5 Å². The first-order chi connectivity index (χ1) is 15.4. The van der Waals surface area contributed by atoms with E-state index in [9.17, 15) is 19.2 Å². The van der Waals surface area contributed by atoms with Gasteiger partial charge in [-0.15, -0.1) is 0 Å². The fraction of sp³-hybridized carbons (Fsp3) is 0.478. The fourth-order valence-electron chi connectivity index (χ4n) is 3.64. The first kappa shape index (κ1) is 23.3. The summed E-state index contributed by atoms with van der Waals surface area (Å²) in [6.07, 6.45) is 3.04. The second kappa shape index (κ2) is 11.3. The summed E-state index contributed by atoms with van der Waals surface area (Å²) in [7, 11) is 0. The zero-order valence-electron chi connectivity index (χ0n) is 18.0. The Balaban J connectivity index is 1.58. The van der Waals surface area contributed by atoms with Crippen LogP contribution in [0.15, 0.2) is 43.0 Å². The molecule has 172 valence electrons. The highest BCUT2D eigenvalue weighted by atomic mass is 16.5. The van der Waals surface area contributed by atoms with E-state index in [1.165, 1.54) is 0 Å². The van der Waals surface area contributed by atoms with Gasteiger partial charge in [-0.1, -0.05) is 49.8 Å². The fourth-order valence-corrected chi connectivity index (χ4v) is 3.64. The van der Waals surface area contributed by atoms with Gasteiger partial charge in [0.1, 0.15) is 18.8 Å². The normalized spacial score (nSPS) is 19.2. The minimum absolute atomic E-state index is 0.0965. The van der Waals surface area contributed by atoms with E-state index in [0.29, 0.717) is 25.3 Å². The topological polar surface area (TPSA) is 126 Å². The Bertz CT molecular complexity index is 840. The molecular weight excluding hydrogens is 412 g/mol. The molecule has 1 aromatic rings. The number of amides is 4. The number of carbonyl (C=O) groups is 4. The first-order valence-electron chi connectivity index (χ1n) is 10.9. The first-order valence-corrected chi connectivity index (χ1v) is 10.9. The average molecular weight is 443 g/mol. The van der Waals surface area contributed by atoms with Gasteiger partial charge in [0.05, 0.1) is 0 Å². The molecule has 1 saturated heterocycles. The molecule has 1 heterocycles. The molecule has 0 spiro atoms. The summed E-state index contributed by atoms with van der Waals surface area (Å²) in [5.41, 5.74) is 0.841. The van der Waals surface area contributed by atoms with E-state index in [-0.39, 0.29) is 24.9 Å². The van der Waals surface area contributed by atoms with Crippen molar-refractivity contribution in [1.29, 1.82) is 0 Å². The number of alkyl carbamates (subject to hydrolysis) is 1. The monoisotopic (exact) mass is 442 g/mol. The van der Waals surface area contributed by atoms with Crippen molar-refractivity contribution < 1.29 is 23.9 Å². The Labute approximate surface area is 187 Å². The SMILES string of the molecule is C=CC(=O)N[C@H](C[C@@H]1CCNC1=O)NC(=O)[C@H](CC1CC1)NC(=O)OCc1ccccc1. The minimum atomic E-state index is -0.800. The number of hydrogen-bond acceptors (Lipinski definition) is 5. The molecule has 1 aromatic carbocycles. The standard InChI is InChI=1S/C23H30N4O5/c1-2-20(28)26-19(13-17-10-11-24-21(17)29)27-22(30)18(12-15-8-9-15)25-23(31)32-14-16-6-4-3-5-7-16/h2-7,15,17-19H,1,8-14H2,(H,24,29)(H,25,31)(H,26,28)(H,27,30)/t17-,18-,19-/m0/s1. The molecule has 0 radical (unpaired) electrons. The van der Waals surface area contributed by atoms with Gasteiger partial charge in [0, 0.05) is 12.5 Å². The number of hydrogen-bond donors (Lipinski definition) is 4. The summed E-state index contributed by atoms with van der Waals surface area (Å²) in [6, 6.07) is 8.45. The highest BCUT2D eigenvalue weighted by Crippen LogP contribution is 2.33. The summed E-state index contributed by atoms with van der Waals surface area (Å²) in [5.74, 6) is -0.934. The lowest BCUT2D eigenvalue weighted by molar-refractivity contribution is -0.127. The quantitative estimate of drug-likeness (QED) is 0.304. The van der Waals surface area contributed by atoms with Gasteiger partial charge in [-0.05, 0) is 36.8 Å². The Hall–Kier alpha value is -3.36. The van der Waals surface area contributed by atoms with E-state index in [1.54, 1.807) is 0 Å². The number of rotatable bonds is 11. The maximum absolute atomic E-state index is 13.0. The van der Waals surface area contributed by atoms with Crippen molar-refractivity contribution in [3.05, 3.63) is 48.6 Å². The highest BCUT2D eigenvalue weighted by Gasteiger charge is 2.33. The molecule has 9 nitrogen and oxygen atoms in total. The van der Waals surface area contributed by atoms with Gasteiger partial charge >= 0.3 is 6.09 Å². The number of carbonyl (C=O) groups excluding carboxylic acids is 4. The molecular formula is C23H30N4O5. The van der Waals surface area contributed by atoms with Crippen LogP contribution in [0.3, 0.4) is 0 Å². The largest absolute Gasteiger partial charge is 0.445 e. The second-order valence-electron chi connectivity index (χ2n) is 8.22. The van der Waals surface area contributed by atoms with Crippen LogP contribution in [0.1, 0.15) is 37.7 Å². The van der Waals surface area contributed by atoms with Gasteiger partial charge < -0.3 is 26.0 Å². The molecule has 0 aromatic heterocycles. The van der Waals surface area contributed by atoms with Gasteiger partial charge in [-0.25, -0.2) is 4.79 Å². The molecule has 9 heteroatoms. The van der Waals surface area contributed by atoms with Crippen LogP contribution in [0.5, 0.6) is 0 Å². The van der Waals surface area contributed by atoms with Crippen molar-refractivity contribution >= 4 is 23.8 Å². The van der Waals surface area contributed by atoms with E-state index in [2.05, 4.69) is 27.8 Å². The smallest absolute Gasteiger partial charge is 0.408 e. The van der Waals surface area contributed by atoms with E-state index in [1.807, 2.05) is 30.3 Å². The van der Waals surface area contributed by atoms with Crippen molar-refractivity contribution in [2.24, 2.45) is 11.8 Å². The molecule has 32 heavy (non-hydrogen) atoms. The third kappa shape index (κ3) is 7.40. The number of nitrogens with one attached hydrogen (secondary N) is 4. The lowest BCUT2D eigenvalue weighted by atomic mass is 10.0. The zero-order valence-corrected chi connectivity index (χ0v) is 18.0. The average Bonchev–Trinajstić information content (AvgIpc) is 3.52. The molecule has 2 fully saturated rings. The molecule has 3 rings (SSSR count). The highest BCUT2D eigenvalue weighted by molar-refractivity contribution is 5.89. The van der Waals surface area contributed by atoms with Crippen LogP contribution in [0.4, 0.5) is 4.79 Å². The molecule has 1 aliphatic heterocycles. The van der Waals surface area contributed by atoms with Crippen molar-refractivity contribution in [3.63, 3.8) is 0 Å². The number of ether oxygens (including phenoxy) is 1. The lowest BCUT2D eigenvalue weighted by Gasteiger charge is -2.25. The van der Waals surface area contributed by atoms with Crippen molar-refractivity contribution in [2.45, 2.75) is 50.9 Å². The molecule has 4 amide bonds. The maximum atomic E-state index is 13.0. The minimum Gasteiger partial charge on any atom is -0.445 e. The molecule has 3 atom stereocenters. The van der Waals surface area contributed by atoms with Gasteiger partial charge in [0.15, 0.2) is 0 Å². The summed E-state index contributed by atoms with van der Waals surface area (Å²) >= 11 is 0.